The number of hydrogen-bond acceptors (Lipinski definition) is 9. The molecule has 1 fully saturated rings. The molecule has 1 aromatic rings. The predicted molar refractivity (Wildman–Crippen MR) is 87.8 cm³/mol. The third-order valence-electron chi connectivity index (χ3n) is 3.97. The Morgan fingerprint density at radius 2 is 2.00 bits per heavy atom. The van der Waals surface area contributed by atoms with Crippen LogP contribution in [0.1, 0.15) is 19.8 Å². The van der Waals surface area contributed by atoms with Gasteiger partial charge in [-0.2, -0.15) is 8.42 Å². The van der Waals surface area contributed by atoms with Gasteiger partial charge in [-0.05, 0) is 31.9 Å². The van der Waals surface area contributed by atoms with E-state index in [-0.39, 0.29) is 29.4 Å². The molecule has 1 N–H and O–H groups in total. The van der Waals surface area contributed by atoms with Crippen molar-refractivity contribution >= 4 is 28.1 Å². The lowest BCUT2D eigenvalue weighted by Crippen LogP contribution is -2.51. The molecule has 3 atom stereocenters. The molecule has 11 heteroatoms. The maximum absolute atomic E-state index is 12.3. The van der Waals surface area contributed by atoms with Gasteiger partial charge >= 0.3 is 0 Å². The van der Waals surface area contributed by atoms with Gasteiger partial charge in [-0.1, -0.05) is 0 Å². The molecule has 1 heterocycles. The Hall–Kier alpha value is -2.37. The molecule has 0 saturated carbocycles. The molecule has 0 bridgehead atoms. The number of carbonyl (C=O) groups excluding carboxylic acids is 2. The fraction of sp³-hybridized carbons (Fsp3) is 0.467. The van der Waals surface area contributed by atoms with Crippen LogP contribution in [-0.4, -0.2) is 50.4 Å². The fourth-order valence-corrected chi connectivity index (χ4v) is 3.80. The third-order valence-corrected chi connectivity index (χ3v) is 5.35. The molecule has 26 heavy (non-hydrogen) atoms. The highest BCUT2D eigenvalue weighted by atomic mass is 32.2. The van der Waals surface area contributed by atoms with Crippen molar-refractivity contribution in [1.82, 2.24) is 5.32 Å². The Balaban J connectivity index is 1.98. The average molecular weight is 386 g/mol. The van der Waals surface area contributed by atoms with Gasteiger partial charge in [0, 0.05) is 18.7 Å². The molecule has 0 amide bonds. The van der Waals surface area contributed by atoms with E-state index in [2.05, 4.69) is 5.32 Å². The topological polar surface area (TPSA) is 142 Å². The SMILES string of the molecule is CC(=O)C(OC=O)C1CCC(OS(=O)(=O)c2ccc([N+](=O)[O-])cc2)CN1. The Labute approximate surface area is 149 Å². The summed E-state index contributed by atoms with van der Waals surface area (Å²) >= 11 is 0. The van der Waals surface area contributed by atoms with E-state index in [0.717, 1.165) is 24.3 Å². The lowest BCUT2D eigenvalue weighted by atomic mass is 9.96. The fourth-order valence-electron chi connectivity index (χ4n) is 2.70. The summed E-state index contributed by atoms with van der Waals surface area (Å²) < 4.78 is 34.5. The molecule has 1 aliphatic rings. The number of Topliss-reactive ketones (excluding diaryl/α,β-unsaturated/α-hetero) is 1. The zero-order valence-corrected chi connectivity index (χ0v) is 14.7. The van der Waals surface area contributed by atoms with Gasteiger partial charge in [-0.3, -0.25) is 23.9 Å². The van der Waals surface area contributed by atoms with Crippen LogP contribution in [-0.2, 0) is 28.6 Å². The van der Waals surface area contributed by atoms with Crippen molar-refractivity contribution in [3.05, 3.63) is 34.4 Å². The summed E-state index contributed by atoms with van der Waals surface area (Å²) in [5.41, 5.74) is -0.225. The van der Waals surface area contributed by atoms with E-state index in [1.54, 1.807) is 0 Å². The van der Waals surface area contributed by atoms with Crippen molar-refractivity contribution in [3.8, 4) is 0 Å². The maximum atomic E-state index is 12.3. The molecule has 2 rings (SSSR count). The second kappa shape index (κ2) is 8.34. The first-order valence-electron chi connectivity index (χ1n) is 7.75. The number of carbonyl (C=O) groups is 2. The second-order valence-corrected chi connectivity index (χ2v) is 7.35. The summed E-state index contributed by atoms with van der Waals surface area (Å²) in [6.07, 6.45) is -0.899. The number of non-ortho nitro benzene ring substituents is 1. The van der Waals surface area contributed by atoms with Crippen LogP contribution >= 0.6 is 0 Å². The van der Waals surface area contributed by atoms with Crippen LogP contribution in [0, 0.1) is 10.1 Å². The van der Waals surface area contributed by atoms with E-state index < -0.39 is 33.3 Å². The predicted octanol–water partition coefficient (Wildman–Crippen LogP) is 0.551. The zero-order valence-electron chi connectivity index (χ0n) is 13.9. The minimum atomic E-state index is -4.08. The molecule has 10 nitrogen and oxygen atoms in total. The second-order valence-electron chi connectivity index (χ2n) is 5.78. The number of rotatable bonds is 8. The highest BCUT2D eigenvalue weighted by Crippen LogP contribution is 2.22. The van der Waals surface area contributed by atoms with Crippen LogP contribution in [0.15, 0.2) is 29.2 Å². The van der Waals surface area contributed by atoms with Crippen molar-refractivity contribution < 1.29 is 31.9 Å². The summed E-state index contributed by atoms with van der Waals surface area (Å²) in [4.78, 5) is 31.8. The average Bonchev–Trinajstić information content (AvgIpc) is 2.60. The van der Waals surface area contributed by atoms with Crippen LogP contribution in [0.3, 0.4) is 0 Å². The zero-order chi connectivity index (χ0) is 19.3. The van der Waals surface area contributed by atoms with Crippen molar-refractivity contribution in [2.24, 2.45) is 0 Å². The third kappa shape index (κ3) is 4.84. The molecular formula is C15H18N2O8S. The first-order valence-corrected chi connectivity index (χ1v) is 9.16. The first-order chi connectivity index (χ1) is 12.2. The lowest BCUT2D eigenvalue weighted by molar-refractivity contribution is -0.384. The monoisotopic (exact) mass is 386 g/mol. The number of piperidine rings is 1. The molecule has 0 aliphatic carbocycles. The minimum absolute atomic E-state index is 0.142. The highest BCUT2D eigenvalue weighted by molar-refractivity contribution is 7.86. The molecule has 0 spiro atoms. The molecule has 1 aromatic carbocycles. The van der Waals surface area contributed by atoms with E-state index in [9.17, 15) is 28.1 Å². The van der Waals surface area contributed by atoms with Gasteiger partial charge in [0.25, 0.3) is 22.3 Å². The number of nitrogens with one attached hydrogen (secondary N) is 1. The van der Waals surface area contributed by atoms with Gasteiger partial charge in [-0.15, -0.1) is 0 Å². The summed E-state index contributed by atoms with van der Waals surface area (Å²) in [6, 6.07) is 3.96. The van der Waals surface area contributed by atoms with Crippen LogP contribution in [0.5, 0.6) is 0 Å². The molecule has 0 radical (unpaired) electrons. The standard InChI is InChI=1S/C15H18N2O8S/c1-10(19)15(24-9-18)14-7-4-12(8-16-14)25-26(22,23)13-5-2-11(3-6-13)17(20)21/h2-3,5-6,9,12,14-16H,4,7-8H2,1H3. The Bertz CT molecular complexity index is 769. The van der Waals surface area contributed by atoms with E-state index in [0.29, 0.717) is 12.8 Å². The van der Waals surface area contributed by atoms with E-state index in [4.69, 9.17) is 8.92 Å². The first kappa shape index (κ1) is 19.9. The minimum Gasteiger partial charge on any atom is -0.455 e. The Morgan fingerprint density at radius 3 is 2.46 bits per heavy atom. The molecule has 1 aliphatic heterocycles. The Kier molecular flexibility index (Phi) is 6.40. The molecular weight excluding hydrogens is 368 g/mol. The maximum Gasteiger partial charge on any atom is 0.297 e. The van der Waals surface area contributed by atoms with Gasteiger partial charge in [0.05, 0.1) is 22.0 Å². The van der Waals surface area contributed by atoms with Gasteiger partial charge in [0.1, 0.15) is 0 Å². The normalized spacial score (nSPS) is 21.6. The van der Waals surface area contributed by atoms with Crippen LogP contribution in [0.4, 0.5) is 5.69 Å². The number of nitrogens with zero attached hydrogens (tertiary/aromatic N) is 1. The smallest absolute Gasteiger partial charge is 0.297 e. The van der Waals surface area contributed by atoms with Gasteiger partial charge < -0.3 is 10.1 Å². The number of hydrogen-bond donors (Lipinski definition) is 1. The number of nitro benzene ring substituents is 1. The molecule has 3 unspecified atom stereocenters. The molecule has 142 valence electrons. The number of nitro groups is 1. The molecule has 0 aromatic heterocycles. The van der Waals surface area contributed by atoms with E-state index in [1.165, 1.54) is 6.92 Å². The van der Waals surface area contributed by atoms with Crippen molar-refractivity contribution in [3.63, 3.8) is 0 Å². The van der Waals surface area contributed by atoms with Crippen LogP contribution in [0.25, 0.3) is 0 Å². The summed E-state index contributed by atoms with van der Waals surface area (Å²) in [6.45, 7) is 1.65. The highest BCUT2D eigenvalue weighted by Gasteiger charge is 2.33. The quantitative estimate of drug-likeness (QED) is 0.293. The molecule has 1 saturated heterocycles. The van der Waals surface area contributed by atoms with Crippen molar-refractivity contribution in [2.75, 3.05) is 6.54 Å². The van der Waals surface area contributed by atoms with Crippen LogP contribution < -0.4 is 5.32 Å². The van der Waals surface area contributed by atoms with Crippen molar-refractivity contribution in [2.45, 2.75) is 42.9 Å². The summed E-state index contributed by atoms with van der Waals surface area (Å²) in [5.74, 6) is -0.313. The number of ketones is 1. The van der Waals surface area contributed by atoms with Gasteiger partial charge in [0.15, 0.2) is 11.9 Å². The summed E-state index contributed by atoms with van der Waals surface area (Å²) in [7, 11) is -4.08. The Morgan fingerprint density at radius 1 is 1.35 bits per heavy atom. The van der Waals surface area contributed by atoms with E-state index >= 15 is 0 Å². The van der Waals surface area contributed by atoms with Gasteiger partial charge in [0.2, 0.25) is 0 Å². The van der Waals surface area contributed by atoms with Gasteiger partial charge in [-0.25, -0.2) is 0 Å². The lowest BCUT2D eigenvalue weighted by Gasteiger charge is -2.32. The summed E-state index contributed by atoms with van der Waals surface area (Å²) in [5, 5.41) is 13.6. The van der Waals surface area contributed by atoms with Crippen LogP contribution in [0.2, 0.25) is 0 Å². The largest absolute Gasteiger partial charge is 0.455 e. The van der Waals surface area contributed by atoms with Crippen molar-refractivity contribution in [1.29, 1.82) is 0 Å². The van der Waals surface area contributed by atoms with E-state index in [1.807, 2.05) is 0 Å². The number of benzene rings is 1. The number of ether oxygens (including phenoxy) is 1.